The van der Waals surface area contributed by atoms with Crippen molar-refractivity contribution in [1.82, 2.24) is 24.6 Å². The zero-order chi connectivity index (χ0) is 22.9. The van der Waals surface area contributed by atoms with E-state index in [1.807, 2.05) is 55.4 Å². The predicted molar refractivity (Wildman–Crippen MR) is 131 cm³/mol. The topological polar surface area (TPSA) is 54.3 Å². The van der Waals surface area contributed by atoms with Crippen molar-refractivity contribution >= 4 is 16.8 Å². The fraction of sp³-hybridized carbons (Fsp3) is 0.296. The molecule has 6 heteroatoms. The van der Waals surface area contributed by atoms with E-state index in [4.69, 9.17) is 4.98 Å². The number of piperazine rings is 1. The molecular formula is C27H29N5O. The van der Waals surface area contributed by atoms with Gasteiger partial charge in [0.25, 0.3) is 5.91 Å². The van der Waals surface area contributed by atoms with Crippen LogP contribution in [0.1, 0.15) is 27.2 Å². The zero-order valence-corrected chi connectivity index (χ0v) is 19.5. The molecule has 2 aromatic carbocycles. The number of pyridine rings is 1. The number of amides is 1. The van der Waals surface area contributed by atoms with Crippen LogP contribution in [0.25, 0.3) is 22.2 Å². The van der Waals surface area contributed by atoms with Crippen LogP contribution in [0.3, 0.4) is 0 Å². The minimum atomic E-state index is 0.0756. The molecule has 1 aliphatic rings. The lowest BCUT2D eigenvalue weighted by Gasteiger charge is -2.35. The molecule has 0 atom stereocenters. The van der Waals surface area contributed by atoms with Crippen molar-refractivity contribution in [1.29, 1.82) is 0 Å². The Hall–Kier alpha value is -3.51. The van der Waals surface area contributed by atoms with Crippen molar-refractivity contribution in [3.05, 3.63) is 83.2 Å². The standard InChI is InChI=1S/C27H29N5O/c1-19-7-6-8-21(15-19)17-31-11-13-32(14-12-31)27(33)23-16-26(24-18-30(3)29-20(24)2)28-25-10-5-4-9-22(23)25/h4-10,15-16,18H,11-14,17H2,1-3H3. The third kappa shape index (κ3) is 4.39. The average Bonchev–Trinajstić information content (AvgIpc) is 3.16. The van der Waals surface area contributed by atoms with Crippen LogP contribution in [0.5, 0.6) is 0 Å². The second kappa shape index (κ2) is 8.79. The first-order chi connectivity index (χ1) is 16.0. The minimum Gasteiger partial charge on any atom is -0.336 e. The first kappa shape index (κ1) is 21.3. The summed E-state index contributed by atoms with van der Waals surface area (Å²) in [6.45, 7) is 8.22. The smallest absolute Gasteiger partial charge is 0.254 e. The molecular weight excluding hydrogens is 410 g/mol. The summed E-state index contributed by atoms with van der Waals surface area (Å²) in [5.74, 6) is 0.0756. The van der Waals surface area contributed by atoms with Gasteiger partial charge in [-0.2, -0.15) is 5.10 Å². The molecule has 1 saturated heterocycles. The van der Waals surface area contributed by atoms with Crippen molar-refractivity contribution < 1.29 is 4.79 Å². The lowest BCUT2D eigenvalue weighted by atomic mass is 10.0. The Morgan fingerprint density at radius 3 is 2.48 bits per heavy atom. The number of hydrogen-bond acceptors (Lipinski definition) is 4. The number of aryl methyl sites for hydroxylation is 3. The maximum Gasteiger partial charge on any atom is 0.254 e. The number of para-hydroxylation sites is 1. The number of benzene rings is 2. The molecule has 0 unspecified atom stereocenters. The Morgan fingerprint density at radius 1 is 0.970 bits per heavy atom. The molecule has 0 aliphatic carbocycles. The molecule has 0 bridgehead atoms. The Labute approximate surface area is 194 Å². The molecule has 5 rings (SSSR count). The molecule has 1 aliphatic heterocycles. The first-order valence-corrected chi connectivity index (χ1v) is 11.5. The largest absolute Gasteiger partial charge is 0.336 e. The molecule has 0 saturated carbocycles. The molecule has 0 spiro atoms. The van der Waals surface area contributed by atoms with E-state index in [0.29, 0.717) is 5.56 Å². The van der Waals surface area contributed by atoms with Gasteiger partial charge >= 0.3 is 0 Å². The number of carbonyl (C=O) groups excluding carboxylic acids is 1. The van der Waals surface area contributed by atoms with Gasteiger partial charge in [-0.3, -0.25) is 14.4 Å². The SMILES string of the molecule is Cc1cccc(CN2CCN(C(=O)c3cc(-c4cn(C)nc4C)nc4ccccc34)CC2)c1. The fourth-order valence-electron chi connectivity index (χ4n) is 4.69. The second-order valence-corrected chi connectivity index (χ2v) is 8.93. The number of fused-ring (bicyclic) bond motifs is 1. The second-order valence-electron chi connectivity index (χ2n) is 8.93. The number of aromatic nitrogens is 3. The molecule has 4 aromatic rings. The summed E-state index contributed by atoms with van der Waals surface area (Å²) in [5, 5.41) is 5.35. The van der Waals surface area contributed by atoms with Crippen LogP contribution >= 0.6 is 0 Å². The van der Waals surface area contributed by atoms with E-state index >= 15 is 0 Å². The Morgan fingerprint density at radius 2 is 1.76 bits per heavy atom. The van der Waals surface area contributed by atoms with Crippen LogP contribution in [0.4, 0.5) is 0 Å². The summed E-state index contributed by atoms with van der Waals surface area (Å²) in [7, 11) is 1.90. The highest BCUT2D eigenvalue weighted by atomic mass is 16.2. The van der Waals surface area contributed by atoms with Crippen molar-refractivity contribution in [3.63, 3.8) is 0 Å². The zero-order valence-electron chi connectivity index (χ0n) is 19.5. The van der Waals surface area contributed by atoms with Gasteiger partial charge in [-0.1, -0.05) is 48.0 Å². The van der Waals surface area contributed by atoms with Gasteiger partial charge in [0.05, 0.1) is 22.5 Å². The van der Waals surface area contributed by atoms with Crippen molar-refractivity contribution in [2.24, 2.45) is 7.05 Å². The van der Waals surface area contributed by atoms with Crippen molar-refractivity contribution in [2.45, 2.75) is 20.4 Å². The summed E-state index contributed by atoms with van der Waals surface area (Å²) in [6.07, 6.45) is 1.96. The molecule has 2 aromatic heterocycles. The van der Waals surface area contributed by atoms with Gasteiger partial charge in [0.1, 0.15) is 0 Å². The van der Waals surface area contributed by atoms with Gasteiger partial charge < -0.3 is 4.90 Å². The predicted octanol–water partition coefficient (Wildman–Crippen LogP) is 4.21. The summed E-state index contributed by atoms with van der Waals surface area (Å²) < 4.78 is 1.79. The average molecular weight is 440 g/mol. The highest BCUT2D eigenvalue weighted by Gasteiger charge is 2.25. The summed E-state index contributed by atoms with van der Waals surface area (Å²) in [5.41, 5.74) is 6.81. The number of nitrogens with zero attached hydrogens (tertiary/aromatic N) is 5. The van der Waals surface area contributed by atoms with Crippen LogP contribution in [-0.2, 0) is 13.6 Å². The highest BCUT2D eigenvalue weighted by Crippen LogP contribution is 2.27. The molecule has 1 fully saturated rings. The van der Waals surface area contributed by atoms with Gasteiger partial charge in [0.2, 0.25) is 0 Å². The Kier molecular flexibility index (Phi) is 5.68. The Balaban J connectivity index is 1.39. The van der Waals surface area contributed by atoms with Gasteiger partial charge in [0.15, 0.2) is 0 Å². The molecule has 3 heterocycles. The minimum absolute atomic E-state index is 0.0756. The van der Waals surface area contributed by atoms with Gasteiger partial charge in [0, 0.05) is 56.9 Å². The fourth-order valence-corrected chi connectivity index (χ4v) is 4.69. The van der Waals surface area contributed by atoms with Crippen LogP contribution in [0, 0.1) is 13.8 Å². The summed E-state index contributed by atoms with van der Waals surface area (Å²) >= 11 is 0. The van der Waals surface area contributed by atoms with Crippen LogP contribution in [0.15, 0.2) is 60.8 Å². The van der Waals surface area contributed by atoms with Crippen LogP contribution in [0.2, 0.25) is 0 Å². The third-order valence-electron chi connectivity index (χ3n) is 6.38. The summed E-state index contributed by atoms with van der Waals surface area (Å²) in [4.78, 5) is 22.9. The van der Waals surface area contributed by atoms with Gasteiger partial charge in [-0.15, -0.1) is 0 Å². The number of hydrogen-bond donors (Lipinski definition) is 0. The normalized spacial score (nSPS) is 14.7. The van der Waals surface area contributed by atoms with E-state index < -0.39 is 0 Å². The van der Waals surface area contributed by atoms with Gasteiger partial charge in [-0.05, 0) is 31.5 Å². The number of carbonyl (C=O) groups is 1. The maximum absolute atomic E-state index is 13.7. The molecule has 6 nitrogen and oxygen atoms in total. The number of rotatable bonds is 4. The van der Waals surface area contributed by atoms with E-state index in [-0.39, 0.29) is 5.91 Å². The van der Waals surface area contributed by atoms with Gasteiger partial charge in [-0.25, -0.2) is 4.98 Å². The van der Waals surface area contributed by atoms with Crippen LogP contribution in [-0.4, -0.2) is 56.7 Å². The van der Waals surface area contributed by atoms with Crippen molar-refractivity contribution in [3.8, 4) is 11.3 Å². The first-order valence-electron chi connectivity index (χ1n) is 11.5. The highest BCUT2D eigenvalue weighted by molar-refractivity contribution is 6.07. The lowest BCUT2D eigenvalue weighted by Crippen LogP contribution is -2.48. The van der Waals surface area contributed by atoms with E-state index in [0.717, 1.165) is 60.6 Å². The summed E-state index contributed by atoms with van der Waals surface area (Å²) in [6, 6.07) is 18.5. The molecule has 33 heavy (non-hydrogen) atoms. The quantitative estimate of drug-likeness (QED) is 0.478. The molecule has 0 N–H and O–H groups in total. The molecule has 168 valence electrons. The molecule has 0 radical (unpaired) electrons. The Bertz CT molecular complexity index is 1320. The lowest BCUT2D eigenvalue weighted by molar-refractivity contribution is 0.0630. The maximum atomic E-state index is 13.7. The van der Waals surface area contributed by atoms with E-state index in [9.17, 15) is 4.79 Å². The van der Waals surface area contributed by atoms with E-state index in [1.54, 1.807) is 4.68 Å². The van der Waals surface area contributed by atoms with Crippen LogP contribution < -0.4 is 0 Å². The van der Waals surface area contributed by atoms with E-state index in [1.165, 1.54) is 11.1 Å². The van der Waals surface area contributed by atoms with E-state index in [2.05, 4.69) is 41.2 Å². The third-order valence-corrected chi connectivity index (χ3v) is 6.38. The molecule has 1 amide bonds. The monoisotopic (exact) mass is 439 g/mol. The van der Waals surface area contributed by atoms with Crippen molar-refractivity contribution in [2.75, 3.05) is 26.2 Å².